The van der Waals surface area contributed by atoms with Crippen molar-refractivity contribution in [1.82, 2.24) is 0 Å². The maximum atomic E-state index is 2.44. The Bertz CT molecular complexity index is 392. The fourth-order valence-corrected chi connectivity index (χ4v) is 7.15. The smallest absolute Gasteiger partial charge is 0.0258 e. The third-order valence-electron chi connectivity index (χ3n) is 10.4. The van der Waals surface area contributed by atoms with Gasteiger partial charge in [0.25, 0.3) is 0 Å². The van der Waals surface area contributed by atoms with E-state index in [0.717, 1.165) is 45.3 Å². The lowest BCUT2D eigenvalue weighted by molar-refractivity contribution is -0.252. The van der Waals surface area contributed by atoms with Crippen LogP contribution in [-0.2, 0) is 0 Å². The second kappa shape index (κ2) is 6.27. The summed E-state index contributed by atoms with van der Waals surface area (Å²) in [6.07, 6.45) is 13.7. The van der Waals surface area contributed by atoms with Crippen LogP contribution >= 0.6 is 0 Å². The van der Waals surface area contributed by atoms with Crippen LogP contribution in [0.5, 0.6) is 0 Å². The first-order chi connectivity index (χ1) is 11.5. The molecule has 6 fully saturated rings. The Balaban J connectivity index is 0.000000150. The fourth-order valence-electron chi connectivity index (χ4n) is 7.15. The molecule has 0 spiro atoms. The van der Waals surface area contributed by atoms with Gasteiger partial charge in [0.15, 0.2) is 0 Å². The molecule has 0 radical (unpaired) electrons. The van der Waals surface area contributed by atoms with E-state index in [1.807, 2.05) is 0 Å². The lowest BCUT2D eigenvalue weighted by atomic mass is 9.30. The summed E-state index contributed by atoms with van der Waals surface area (Å²) >= 11 is 0. The van der Waals surface area contributed by atoms with Crippen LogP contribution in [-0.4, -0.2) is 0 Å². The third kappa shape index (κ3) is 2.93. The molecule has 0 aromatic heterocycles. The molecule has 0 heterocycles. The summed E-state index contributed by atoms with van der Waals surface area (Å²) in [6.45, 7) is 19.3. The van der Waals surface area contributed by atoms with Crippen molar-refractivity contribution in [3.63, 3.8) is 0 Å². The van der Waals surface area contributed by atoms with Gasteiger partial charge >= 0.3 is 0 Å². The first-order valence-electron chi connectivity index (χ1n) is 11.5. The van der Waals surface area contributed by atoms with Crippen LogP contribution in [0.15, 0.2) is 0 Å². The molecular weight excluding hydrogens is 300 g/mol. The van der Waals surface area contributed by atoms with Gasteiger partial charge in [-0.1, -0.05) is 55.4 Å². The minimum atomic E-state index is 0.747. The molecule has 6 rings (SSSR count). The third-order valence-corrected chi connectivity index (χ3v) is 10.4. The zero-order valence-corrected chi connectivity index (χ0v) is 18.7. The molecular formula is C25H46. The lowest BCUT2D eigenvalue weighted by Gasteiger charge is -2.75. The van der Waals surface area contributed by atoms with E-state index in [2.05, 4.69) is 55.4 Å². The molecule has 0 heteroatoms. The average molecular weight is 347 g/mol. The topological polar surface area (TPSA) is 0 Å². The standard InChI is InChI=1S/C14H26.C11H20/c1-11(2)13-5-8-14(9-6-13,10-7-13)12(3)4;1-8(2)10-5-11(6-10,7-10)9(3)4/h11-12H,5-10H2,1-4H3;8-9H,5-7H2,1-4H3. The molecule has 0 saturated heterocycles. The minimum absolute atomic E-state index is 0.747. The Morgan fingerprint density at radius 1 is 0.360 bits per heavy atom. The Morgan fingerprint density at radius 3 is 0.720 bits per heavy atom. The Hall–Kier alpha value is 0. The monoisotopic (exact) mass is 346 g/mol. The molecule has 6 aliphatic rings. The van der Waals surface area contributed by atoms with Crippen molar-refractivity contribution < 1.29 is 0 Å². The Morgan fingerprint density at radius 2 is 0.560 bits per heavy atom. The zero-order valence-electron chi connectivity index (χ0n) is 18.7. The molecule has 4 bridgehead atoms. The molecule has 0 amide bonds. The normalized spacial score (nSPS) is 44.6. The van der Waals surface area contributed by atoms with Gasteiger partial charge in [-0.3, -0.25) is 0 Å². The van der Waals surface area contributed by atoms with E-state index in [1.165, 1.54) is 57.8 Å². The maximum Gasteiger partial charge on any atom is -0.0258 e. The highest BCUT2D eigenvalue weighted by atomic mass is 14.7. The molecule has 6 saturated carbocycles. The van der Waals surface area contributed by atoms with Crippen LogP contribution in [0.1, 0.15) is 113 Å². The van der Waals surface area contributed by atoms with Gasteiger partial charge in [0, 0.05) is 0 Å². The van der Waals surface area contributed by atoms with E-state index in [1.54, 1.807) is 0 Å². The SMILES string of the molecule is CC(C)C12CC(C(C)C)(C1)C2.CC(C)C12CCC(C(C)C)(CC1)CC2. The number of fused-ring (bicyclic) bond motifs is 3. The predicted molar refractivity (Wildman–Crippen MR) is 111 cm³/mol. The highest BCUT2D eigenvalue weighted by Crippen LogP contribution is 2.78. The van der Waals surface area contributed by atoms with Gasteiger partial charge in [-0.2, -0.15) is 0 Å². The van der Waals surface area contributed by atoms with Crippen molar-refractivity contribution in [2.75, 3.05) is 0 Å². The summed E-state index contributed by atoms with van der Waals surface area (Å²) in [4.78, 5) is 0. The first-order valence-corrected chi connectivity index (χ1v) is 11.5. The first kappa shape index (κ1) is 19.8. The van der Waals surface area contributed by atoms with E-state index < -0.39 is 0 Å². The van der Waals surface area contributed by atoms with E-state index in [9.17, 15) is 0 Å². The molecule has 146 valence electrons. The molecule has 0 aromatic rings. The van der Waals surface area contributed by atoms with Crippen molar-refractivity contribution in [1.29, 1.82) is 0 Å². The summed E-state index contributed by atoms with van der Waals surface area (Å²) in [5.74, 6) is 3.69. The molecule has 6 aliphatic carbocycles. The molecule has 25 heavy (non-hydrogen) atoms. The van der Waals surface area contributed by atoms with Gasteiger partial charge in [0.2, 0.25) is 0 Å². The van der Waals surface area contributed by atoms with Gasteiger partial charge in [-0.25, -0.2) is 0 Å². The summed E-state index contributed by atoms with van der Waals surface area (Å²) in [7, 11) is 0. The fraction of sp³-hybridized carbons (Fsp3) is 1.00. The summed E-state index contributed by atoms with van der Waals surface area (Å²) in [5.41, 5.74) is 3.11. The molecule has 0 N–H and O–H groups in total. The van der Waals surface area contributed by atoms with Crippen molar-refractivity contribution in [3.05, 3.63) is 0 Å². The lowest BCUT2D eigenvalue weighted by Crippen LogP contribution is -2.66. The summed E-state index contributed by atoms with van der Waals surface area (Å²) in [5, 5.41) is 0. The van der Waals surface area contributed by atoms with Crippen molar-refractivity contribution >= 4 is 0 Å². The Kier molecular flexibility index (Phi) is 4.95. The van der Waals surface area contributed by atoms with Crippen molar-refractivity contribution in [2.45, 2.75) is 113 Å². The Labute approximate surface area is 158 Å². The largest absolute Gasteiger partial charge is 0.0622 e. The van der Waals surface area contributed by atoms with E-state index >= 15 is 0 Å². The molecule has 0 atom stereocenters. The summed E-state index contributed by atoms with van der Waals surface area (Å²) in [6, 6.07) is 0. The van der Waals surface area contributed by atoms with Crippen LogP contribution in [0.25, 0.3) is 0 Å². The number of hydrogen-bond acceptors (Lipinski definition) is 0. The quantitative estimate of drug-likeness (QED) is 0.482. The highest BCUT2D eigenvalue weighted by Gasteiger charge is 2.69. The molecule has 0 aromatic carbocycles. The second-order valence-corrected chi connectivity index (χ2v) is 12.1. The van der Waals surface area contributed by atoms with Crippen LogP contribution < -0.4 is 0 Å². The number of hydrogen-bond donors (Lipinski definition) is 0. The predicted octanol–water partition coefficient (Wildman–Crippen LogP) is 8.11. The van der Waals surface area contributed by atoms with Gasteiger partial charge in [-0.15, -0.1) is 0 Å². The van der Waals surface area contributed by atoms with Crippen molar-refractivity contribution in [3.8, 4) is 0 Å². The highest BCUT2D eigenvalue weighted by molar-refractivity contribution is 5.18. The molecule has 0 aliphatic heterocycles. The summed E-state index contributed by atoms with van der Waals surface area (Å²) < 4.78 is 0. The van der Waals surface area contributed by atoms with E-state index in [0.29, 0.717) is 0 Å². The van der Waals surface area contributed by atoms with Crippen molar-refractivity contribution in [2.24, 2.45) is 45.3 Å². The van der Waals surface area contributed by atoms with Gasteiger partial charge < -0.3 is 0 Å². The maximum absolute atomic E-state index is 2.44. The van der Waals surface area contributed by atoms with Crippen LogP contribution in [0, 0.1) is 45.3 Å². The van der Waals surface area contributed by atoms with E-state index in [-0.39, 0.29) is 0 Å². The number of rotatable bonds is 4. The molecule has 0 nitrogen and oxygen atoms in total. The van der Waals surface area contributed by atoms with Crippen LogP contribution in [0.4, 0.5) is 0 Å². The molecule has 0 unspecified atom stereocenters. The van der Waals surface area contributed by atoms with Crippen LogP contribution in [0.2, 0.25) is 0 Å². The zero-order chi connectivity index (χ0) is 18.7. The van der Waals surface area contributed by atoms with Gasteiger partial charge in [0.1, 0.15) is 0 Å². The van der Waals surface area contributed by atoms with E-state index in [4.69, 9.17) is 0 Å². The van der Waals surface area contributed by atoms with Crippen LogP contribution in [0.3, 0.4) is 0 Å². The average Bonchev–Trinajstić information content (AvgIpc) is 2.46. The second-order valence-electron chi connectivity index (χ2n) is 12.1. The van der Waals surface area contributed by atoms with Gasteiger partial charge in [0.05, 0.1) is 0 Å². The minimum Gasteiger partial charge on any atom is -0.0622 e. The van der Waals surface area contributed by atoms with Gasteiger partial charge in [-0.05, 0) is 103 Å².